The molecule has 0 bridgehead atoms. The summed E-state index contributed by atoms with van der Waals surface area (Å²) in [5.74, 6) is -2.25. The first kappa shape index (κ1) is 18.4. The van der Waals surface area contributed by atoms with Crippen LogP contribution in [0.4, 0.5) is 4.79 Å². The molecular formula is C17H20N2O6. The van der Waals surface area contributed by atoms with Gasteiger partial charge in [-0.3, -0.25) is 14.9 Å². The highest BCUT2D eigenvalue weighted by atomic mass is 16.6. The number of alkyl carbamates (subject to hydrolysis) is 1. The Morgan fingerprint density at radius 2 is 1.92 bits per heavy atom. The summed E-state index contributed by atoms with van der Waals surface area (Å²) in [6.07, 6.45) is -2.15. The Kier molecular flexibility index (Phi) is 6.10. The van der Waals surface area contributed by atoms with Crippen LogP contribution in [0, 0.1) is 5.92 Å². The van der Waals surface area contributed by atoms with E-state index >= 15 is 0 Å². The number of carbonyl (C=O) groups is 4. The lowest BCUT2D eigenvalue weighted by Crippen LogP contribution is -2.47. The van der Waals surface area contributed by atoms with E-state index in [0.717, 1.165) is 5.56 Å². The van der Waals surface area contributed by atoms with Gasteiger partial charge in [0.2, 0.25) is 5.91 Å². The van der Waals surface area contributed by atoms with Crippen LogP contribution in [-0.4, -0.2) is 36.0 Å². The number of ether oxygens (including phenoxy) is 2. The highest BCUT2D eigenvalue weighted by Crippen LogP contribution is 2.12. The summed E-state index contributed by atoms with van der Waals surface area (Å²) >= 11 is 0. The molecule has 0 radical (unpaired) electrons. The highest BCUT2D eigenvalue weighted by Gasteiger charge is 2.36. The van der Waals surface area contributed by atoms with Gasteiger partial charge in [0.15, 0.2) is 6.10 Å². The number of hydrogen-bond acceptors (Lipinski definition) is 6. The first-order valence-corrected chi connectivity index (χ1v) is 7.88. The van der Waals surface area contributed by atoms with Crippen molar-refractivity contribution in [3.8, 4) is 0 Å². The second kappa shape index (κ2) is 8.27. The predicted octanol–water partition coefficient (Wildman–Crippen LogP) is 0.896. The van der Waals surface area contributed by atoms with Crippen molar-refractivity contribution in [2.75, 3.05) is 0 Å². The molecule has 2 N–H and O–H groups in total. The number of rotatable bonds is 6. The summed E-state index contributed by atoms with van der Waals surface area (Å²) < 4.78 is 10.1. The lowest BCUT2D eigenvalue weighted by Gasteiger charge is -2.21. The summed E-state index contributed by atoms with van der Waals surface area (Å²) in [6.45, 7) is 3.48. The van der Waals surface area contributed by atoms with E-state index in [-0.39, 0.29) is 18.9 Å². The van der Waals surface area contributed by atoms with Gasteiger partial charge in [-0.2, -0.15) is 0 Å². The van der Waals surface area contributed by atoms with Gasteiger partial charge in [-0.15, -0.1) is 0 Å². The van der Waals surface area contributed by atoms with Crippen molar-refractivity contribution < 1.29 is 28.7 Å². The molecule has 1 aliphatic heterocycles. The smallest absolute Gasteiger partial charge is 0.408 e. The average molecular weight is 348 g/mol. The fourth-order valence-corrected chi connectivity index (χ4v) is 2.23. The van der Waals surface area contributed by atoms with Crippen LogP contribution in [0.5, 0.6) is 0 Å². The number of nitrogens with one attached hydrogen (secondary N) is 2. The SMILES string of the molecule is CC(C)[C@@H](NC(=O)OCc1ccccc1)C(=O)O[C@H]1CC(=O)NC1=O. The third-order valence-corrected chi connectivity index (χ3v) is 3.59. The van der Waals surface area contributed by atoms with Gasteiger partial charge in [0.05, 0.1) is 6.42 Å². The number of benzene rings is 1. The van der Waals surface area contributed by atoms with Crippen LogP contribution in [0.2, 0.25) is 0 Å². The van der Waals surface area contributed by atoms with Gasteiger partial charge < -0.3 is 14.8 Å². The zero-order valence-corrected chi connectivity index (χ0v) is 14.0. The molecule has 1 aromatic rings. The van der Waals surface area contributed by atoms with Crippen LogP contribution in [0.3, 0.4) is 0 Å². The summed E-state index contributed by atoms with van der Waals surface area (Å²) in [6, 6.07) is 8.09. The number of imide groups is 1. The molecule has 0 aliphatic carbocycles. The molecule has 0 spiro atoms. The van der Waals surface area contributed by atoms with Crippen molar-refractivity contribution >= 4 is 23.9 Å². The average Bonchev–Trinajstić information content (AvgIpc) is 2.88. The summed E-state index contributed by atoms with van der Waals surface area (Å²) in [7, 11) is 0. The number of hydrogen-bond donors (Lipinski definition) is 2. The molecule has 1 fully saturated rings. The van der Waals surface area contributed by atoms with Gasteiger partial charge in [-0.25, -0.2) is 9.59 Å². The minimum Gasteiger partial charge on any atom is -0.450 e. The minimum absolute atomic E-state index is 0.0616. The summed E-state index contributed by atoms with van der Waals surface area (Å²) in [5.41, 5.74) is 0.808. The van der Waals surface area contributed by atoms with Crippen molar-refractivity contribution in [1.82, 2.24) is 10.6 Å². The maximum absolute atomic E-state index is 12.2. The third kappa shape index (κ3) is 5.30. The normalized spacial score (nSPS) is 17.8. The van der Waals surface area contributed by atoms with Gasteiger partial charge in [0.25, 0.3) is 5.91 Å². The summed E-state index contributed by atoms with van der Waals surface area (Å²) in [4.78, 5) is 46.7. The van der Waals surface area contributed by atoms with Crippen LogP contribution >= 0.6 is 0 Å². The molecule has 0 unspecified atom stereocenters. The lowest BCUT2D eigenvalue weighted by atomic mass is 10.1. The molecule has 134 valence electrons. The van der Waals surface area contributed by atoms with E-state index in [1.807, 2.05) is 18.2 Å². The molecule has 8 heteroatoms. The molecular weight excluding hydrogens is 328 g/mol. The molecule has 0 saturated carbocycles. The van der Waals surface area contributed by atoms with Crippen molar-refractivity contribution in [1.29, 1.82) is 0 Å². The first-order chi connectivity index (χ1) is 11.9. The van der Waals surface area contributed by atoms with Gasteiger partial charge in [-0.05, 0) is 11.5 Å². The molecule has 25 heavy (non-hydrogen) atoms. The van der Waals surface area contributed by atoms with Crippen molar-refractivity contribution in [2.45, 2.75) is 39.0 Å². The van der Waals surface area contributed by atoms with E-state index < -0.39 is 36.0 Å². The van der Waals surface area contributed by atoms with Gasteiger partial charge in [0, 0.05) is 0 Å². The fourth-order valence-electron chi connectivity index (χ4n) is 2.23. The second-order valence-corrected chi connectivity index (χ2v) is 5.97. The maximum atomic E-state index is 12.2. The molecule has 2 atom stereocenters. The first-order valence-electron chi connectivity index (χ1n) is 7.88. The molecule has 0 aromatic heterocycles. The topological polar surface area (TPSA) is 111 Å². The summed E-state index contributed by atoms with van der Waals surface area (Å²) in [5, 5.41) is 4.49. The standard InChI is InChI=1S/C17H20N2O6/c1-10(2)14(16(22)25-12-8-13(20)18-15(12)21)19-17(23)24-9-11-6-4-3-5-7-11/h3-7,10,12,14H,8-9H2,1-2H3,(H,19,23)(H,18,20,21)/t12-,14+/m0/s1. The van der Waals surface area contributed by atoms with E-state index in [1.54, 1.807) is 26.0 Å². The highest BCUT2D eigenvalue weighted by molar-refractivity contribution is 6.05. The second-order valence-electron chi connectivity index (χ2n) is 5.97. The lowest BCUT2D eigenvalue weighted by molar-refractivity contribution is -0.157. The van der Waals surface area contributed by atoms with Crippen LogP contribution < -0.4 is 10.6 Å². The molecule has 1 heterocycles. The molecule has 2 rings (SSSR count). The van der Waals surface area contributed by atoms with Gasteiger partial charge in [-0.1, -0.05) is 44.2 Å². The van der Waals surface area contributed by atoms with Crippen LogP contribution in [0.25, 0.3) is 0 Å². The maximum Gasteiger partial charge on any atom is 0.408 e. The van der Waals surface area contributed by atoms with Crippen LogP contribution in [-0.2, 0) is 30.5 Å². The minimum atomic E-state index is -1.16. The Bertz CT molecular complexity index is 658. The number of esters is 1. The molecule has 8 nitrogen and oxygen atoms in total. The van der Waals surface area contributed by atoms with Crippen LogP contribution in [0.15, 0.2) is 30.3 Å². The number of carbonyl (C=O) groups excluding carboxylic acids is 4. The Morgan fingerprint density at radius 3 is 2.48 bits per heavy atom. The van der Waals surface area contributed by atoms with Gasteiger partial charge in [0.1, 0.15) is 12.6 Å². The molecule has 3 amide bonds. The Hall–Kier alpha value is -2.90. The zero-order valence-electron chi connectivity index (χ0n) is 14.0. The Labute approximate surface area is 144 Å². The largest absolute Gasteiger partial charge is 0.450 e. The van der Waals surface area contributed by atoms with Crippen LogP contribution in [0.1, 0.15) is 25.8 Å². The van der Waals surface area contributed by atoms with Gasteiger partial charge >= 0.3 is 12.1 Å². The quantitative estimate of drug-likeness (QED) is 0.584. The van der Waals surface area contributed by atoms with E-state index in [9.17, 15) is 19.2 Å². The molecule has 1 aliphatic rings. The van der Waals surface area contributed by atoms with Crippen molar-refractivity contribution in [2.24, 2.45) is 5.92 Å². The van der Waals surface area contributed by atoms with Crippen molar-refractivity contribution in [3.05, 3.63) is 35.9 Å². The third-order valence-electron chi connectivity index (χ3n) is 3.59. The van der Waals surface area contributed by atoms with E-state index in [0.29, 0.717) is 0 Å². The fraction of sp³-hybridized carbons (Fsp3) is 0.412. The van der Waals surface area contributed by atoms with E-state index in [2.05, 4.69) is 10.6 Å². The Morgan fingerprint density at radius 1 is 1.24 bits per heavy atom. The predicted molar refractivity (Wildman–Crippen MR) is 86.0 cm³/mol. The van der Waals surface area contributed by atoms with Crippen molar-refractivity contribution in [3.63, 3.8) is 0 Å². The molecule has 1 saturated heterocycles. The van der Waals surface area contributed by atoms with E-state index in [4.69, 9.17) is 9.47 Å². The zero-order chi connectivity index (χ0) is 18.4. The Balaban J connectivity index is 1.88. The monoisotopic (exact) mass is 348 g/mol. The van der Waals surface area contributed by atoms with E-state index in [1.165, 1.54) is 0 Å². The number of amides is 3. The molecule has 1 aromatic carbocycles.